The Kier molecular flexibility index (Phi) is 5.68. The summed E-state index contributed by atoms with van der Waals surface area (Å²) < 4.78 is 11.9. The third-order valence-corrected chi connectivity index (χ3v) is 5.68. The predicted molar refractivity (Wildman–Crippen MR) is 122 cm³/mol. The number of carbonyl (C=O) groups is 1. The lowest BCUT2D eigenvalue weighted by Gasteiger charge is -2.24. The van der Waals surface area contributed by atoms with Crippen molar-refractivity contribution in [3.05, 3.63) is 87.3 Å². The number of benzene rings is 2. The SMILES string of the molecule is C=CCN1C(=O)c2oc3cc(C)cc(C)c3c(=O)c2C1c1cccc(OCCCC)c1. The van der Waals surface area contributed by atoms with Crippen molar-refractivity contribution < 1.29 is 13.9 Å². The molecule has 2 heterocycles. The maximum Gasteiger partial charge on any atom is 0.291 e. The van der Waals surface area contributed by atoms with Crippen molar-refractivity contribution in [1.82, 2.24) is 4.90 Å². The van der Waals surface area contributed by atoms with E-state index in [1.165, 1.54) is 0 Å². The van der Waals surface area contributed by atoms with Crippen molar-refractivity contribution in [2.75, 3.05) is 13.2 Å². The molecule has 1 aliphatic heterocycles. The summed E-state index contributed by atoms with van der Waals surface area (Å²) in [5.74, 6) is 0.546. The number of fused-ring (bicyclic) bond motifs is 2. The Morgan fingerprint density at radius 3 is 2.74 bits per heavy atom. The summed E-state index contributed by atoms with van der Waals surface area (Å²) in [6, 6.07) is 10.8. The van der Waals surface area contributed by atoms with Gasteiger partial charge in [-0.3, -0.25) is 9.59 Å². The van der Waals surface area contributed by atoms with E-state index in [0.717, 1.165) is 35.3 Å². The molecule has 31 heavy (non-hydrogen) atoms. The van der Waals surface area contributed by atoms with Gasteiger partial charge in [-0.2, -0.15) is 0 Å². The maximum absolute atomic E-state index is 13.6. The van der Waals surface area contributed by atoms with Crippen molar-refractivity contribution in [1.29, 1.82) is 0 Å². The molecule has 5 nitrogen and oxygen atoms in total. The number of unbranched alkanes of at least 4 members (excludes halogenated alkanes) is 1. The predicted octanol–water partition coefficient (Wildman–Crippen LogP) is 5.32. The first-order chi connectivity index (χ1) is 15.0. The van der Waals surface area contributed by atoms with Crippen molar-refractivity contribution in [2.24, 2.45) is 0 Å². The van der Waals surface area contributed by atoms with Gasteiger partial charge in [-0.15, -0.1) is 6.58 Å². The van der Waals surface area contributed by atoms with Crippen LogP contribution >= 0.6 is 0 Å². The summed E-state index contributed by atoms with van der Waals surface area (Å²) in [5, 5.41) is 0.526. The lowest BCUT2D eigenvalue weighted by molar-refractivity contribution is 0.0748. The van der Waals surface area contributed by atoms with E-state index < -0.39 is 6.04 Å². The van der Waals surface area contributed by atoms with Gasteiger partial charge in [0.15, 0.2) is 5.43 Å². The fourth-order valence-electron chi connectivity index (χ4n) is 4.30. The maximum atomic E-state index is 13.6. The van der Waals surface area contributed by atoms with Gasteiger partial charge in [0.1, 0.15) is 11.3 Å². The van der Waals surface area contributed by atoms with Crippen molar-refractivity contribution >= 4 is 16.9 Å². The van der Waals surface area contributed by atoms with Crippen LogP contribution in [0.2, 0.25) is 0 Å². The molecule has 0 saturated carbocycles. The van der Waals surface area contributed by atoms with Crippen LogP contribution in [-0.2, 0) is 0 Å². The van der Waals surface area contributed by atoms with Gasteiger partial charge < -0.3 is 14.1 Å². The molecule has 1 unspecified atom stereocenters. The standard InChI is InChI=1S/C26H27NO4/c1-5-7-12-30-19-10-8-9-18(15-19)23-22-24(28)21-17(4)13-16(3)14-20(21)31-25(22)26(29)27(23)11-6-2/h6,8-10,13-15,23H,2,5,7,11-12H2,1,3-4H3. The number of ether oxygens (including phenoxy) is 1. The summed E-state index contributed by atoms with van der Waals surface area (Å²) in [6.07, 6.45) is 3.67. The number of rotatable bonds is 7. The zero-order valence-corrected chi connectivity index (χ0v) is 18.2. The van der Waals surface area contributed by atoms with Crippen LogP contribution in [0.4, 0.5) is 0 Å². The minimum Gasteiger partial charge on any atom is -0.494 e. The number of hydrogen-bond donors (Lipinski definition) is 0. The second kappa shape index (κ2) is 8.42. The minimum absolute atomic E-state index is 0.117. The van der Waals surface area contributed by atoms with E-state index >= 15 is 0 Å². The molecular weight excluding hydrogens is 390 g/mol. The average Bonchev–Trinajstić information content (AvgIpc) is 3.01. The molecule has 1 atom stereocenters. The molecule has 0 bridgehead atoms. The lowest BCUT2D eigenvalue weighted by atomic mass is 9.96. The first kappa shape index (κ1) is 20.9. The van der Waals surface area contributed by atoms with Crippen LogP contribution in [0.1, 0.15) is 58.6 Å². The van der Waals surface area contributed by atoms with Gasteiger partial charge in [0, 0.05) is 6.54 Å². The summed E-state index contributed by atoms with van der Waals surface area (Å²) in [4.78, 5) is 28.5. The van der Waals surface area contributed by atoms with Crippen LogP contribution in [0.15, 0.2) is 58.3 Å². The van der Waals surface area contributed by atoms with E-state index in [0.29, 0.717) is 29.7 Å². The van der Waals surface area contributed by atoms with Crippen molar-refractivity contribution in [3.63, 3.8) is 0 Å². The molecule has 0 radical (unpaired) electrons. The number of hydrogen-bond acceptors (Lipinski definition) is 4. The number of carbonyl (C=O) groups excluding carboxylic acids is 1. The highest BCUT2D eigenvalue weighted by molar-refractivity contribution is 5.99. The Labute approximate surface area is 181 Å². The highest BCUT2D eigenvalue weighted by Crippen LogP contribution is 2.39. The first-order valence-corrected chi connectivity index (χ1v) is 10.7. The van der Waals surface area contributed by atoms with Crippen LogP contribution in [0.3, 0.4) is 0 Å². The van der Waals surface area contributed by atoms with Gasteiger partial charge in [-0.05, 0) is 55.2 Å². The van der Waals surface area contributed by atoms with Gasteiger partial charge >= 0.3 is 0 Å². The zero-order chi connectivity index (χ0) is 22.1. The van der Waals surface area contributed by atoms with Gasteiger partial charge in [0.2, 0.25) is 5.76 Å². The van der Waals surface area contributed by atoms with E-state index in [2.05, 4.69) is 13.5 Å². The van der Waals surface area contributed by atoms with Crippen LogP contribution in [0.5, 0.6) is 5.75 Å². The molecule has 160 valence electrons. The number of amides is 1. The second-order valence-corrected chi connectivity index (χ2v) is 8.05. The van der Waals surface area contributed by atoms with E-state index in [1.807, 2.05) is 50.2 Å². The van der Waals surface area contributed by atoms with Gasteiger partial charge in [0.05, 0.1) is 23.6 Å². The molecule has 0 aliphatic carbocycles. The summed E-state index contributed by atoms with van der Waals surface area (Å²) in [5.41, 5.74) is 3.32. The van der Waals surface area contributed by atoms with Crippen LogP contribution < -0.4 is 10.2 Å². The van der Waals surface area contributed by atoms with Crippen molar-refractivity contribution in [3.8, 4) is 5.75 Å². The smallest absolute Gasteiger partial charge is 0.291 e. The average molecular weight is 418 g/mol. The topological polar surface area (TPSA) is 59.8 Å². The normalized spacial score (nSPS) is 15.4. The van der Waals surface area contributed by atoms with E-state index in [-0.39, 0.29) is 17.1 Å². The number of nitrogens with zero attached hydrogens (tertiary/aromatic N) is 1. The van der Waals surface area contributed by atoms with Crippen LogP contribution in [0.25, 0.3) is 11.0 Å². The molecule has 0 N–H and O–H groups in total. The van der Waals surface area contributed by atoms with Gasteiger partial charge in [0.25, 0.3) is 5.91 Å². The third kappa shape index (κ3) is 3.65. The molecule has 0 saturated heterocycles. The van der Waals surface area contributed by atoms with E-state index in [9.17, 15) is 9.59 Å². The molecule has 0 spiro atoms. The molecule has 1 amide bonds. The zero-order valence-electron chi connectivity index (χ0n) is 18.2. The van der Waals surface area contributed by atoms with Gasteiger partial charge in [-0.1, -0.05) is 37.6 Å². The highest BCUT2D eigenvalue weighted by Gasteiger charge is 2.42. The summed E-state index contributed by atoms with van der Waals surface area (Å²) in [6.45, 7) is 10.7. The Morgan fingerprint density at radius 2 is 2.00 bits per heavy atom. The Hall–Kier alpha value is -3.34. The molecule has 1 aliphatic rings. The molecule has 0 fully saturated rings. The van der Waals surface area contributed by atoms with Crippen molar-refractivity contribution in [2.45, 2.75) is 39.7 Å². The molecule has 5 heteroatoms. The summed E-state index contributed by atoms with van der Waals surface area (Å²) in [7, 11) is 0. The highest BCUT2D eigenvalue weighted by atomic mass is 16.5. The number of aryl methyl sites for hydroxylation is 2. The third-order valence-electron chi connectivity index (χ3n) is 5.68. The molecule has 2 aromatic carbocycles. The van der Waals surface area contributed by atoms with Crippen LogP contribution in [0, 0.1) is 13.8 Å². The minimum atomic E-state index is -0.545. The Morgan fingerprint density at radius 1 is 1.19 bits per heavy atom. The Balaban J connectivity index is 1.90. The van der Waals surface area contributed by atoms with E-state index in [1.54, 1.807) is 11.0 Å². The molecular formula is C26H27NO4. The monoisotopic (exact) mass is 417 g/mol. The van der Waals surface area contributed by atoms with Crippen LogP contribution in [-0.4, -0.2) is 24.0 Å². The molecule has 3 aromatic rings. The fraction of sp³-hybridized carbons (Fsp3) is 0.308. The largest absolute Gasteiger partial charge is 0.494 e. The summed E-state index contributed by atoms with van der Waals surface area (Å²) >= 11 is 0. The van der Waals surface area contributed by atoms with Gasteiger partial charge in [-0.25, -0.2) is 0 Å². The fourth-order valence-corrected chi connectivity index (χ4v) is 4.30. The second-order valence-electron chi connectivity index (χ2n) is 8.05. The first-order valence-electron chi connectivity index (χ1n) is 10.7. The Bertz CT molecular complexity index is 1220. The van der Waals surface area contributed by atoms with E-state index in [4.69, 9.17) is 9.15 Å². The quantitative estimate of drug-likeness (QED) is 0.386. The molecule has 4 rings (SSSR count). The molecule has 1 aromatic heterocycles. The lowest BCUT2D eigenvalue weighted by Crippen LogP contribution is -2.29.